The fourth-order valence-corrected chi connectivity index (χ4v) is 2.52. The number of nitrogens with two attached hydrogens (primary N) is 1. The quantitative estimate of drug-likeness (QED) is 0.658. The molecule has 0 radical (unpaired) electrons. The molecule has 0 aliphatic carbocycles. The molecule has 0 saturated heterocycles. The average Bonchev–Trinajstić information content (AvgIpc) is 2.89. The van der Waals surface area contributed by atoms with Crippen LogP contribution in [0, 0.1) is 11.3 Å². The highest BCUT2D eigenvalue weighted by molar-refractivity contribution is 7.89. The smallest absolute Gasteiger partial charge is 0.243 e. The lowest BCUT2D eigenvalue weighted by Crippen LogP contribution is -2.24. The third-order valence-corrected chi connectivity index (χ3v) is 3.80. The van der Waals surface area contributed by atoms with Crippen molar-refractivity contribution in [1.82, 2.24) is 19.9 Å². The highest BCUT2D eigenvalue weighted by atomic mass is 32.2. The number of hydrogen-bond donors (Lipinski definition) is 3. The zero-order valence-corrected chi connectivity index (χ0v) is 10.5. The Morgan fingerprint density at radius 2 is 2.26 bits per heavy atom. The van der Waals surface area contributed by atoms with Crippen LogP contribution in [0.2, 0.25) is 0 Å². The fraction of sp³-hybridized carbons (Fsp3) is 0.100. The van der Waals surface area contributed by atoms with E-state index in [2.05, 4.69) is 19.9 Å². The number of aromatic amines is 1. The van der Waals surface area contributed by atoms with E-state index in [1.807, 2.05) is 6.07 Å². The molecule has 0 aliphatic rings. The van der Waals surface area contributed by atoms with Crippen molar-refractivity contribution in [2.75, 3.05) is 5.73 Å². The Hall–Kier alpha value is -2.44. The molecule has 8 nitrogen and oxygen atoms in total. The molecule has 4 N–H and O–H groups in total. The fourth-order valence-electron chi connectivity index (χ4n) is 1.42. The standard InChI is InChI=1S/C10H10N6O2S/c11-4-7-1-2-9(8(12)3-7)19(17,18)15-5-10-13-6-14-16-10/h1-3,6,15H,5,12H2,(H,13,14,16). The summed E-state index contributed by atoms with van der Waals surface area (Å²) in [5, 5.41) is 14.8. The van der Waals surface area contributed by atoms with Gasteiger partial charge in [-0.1, -0.05) is 0 Å². The monoisotopic (exact) mass is 278 g/mol. The lowest BCUT2D eigenvalue weighted by Gasteiger charge is -2.08. The summed E-state index contributed by atoms with van der Waals surface area (Å²) in [6, 6.07) is 5.87. The molecule has 1 aromatic heterocycles. The lowest BCUT2D eigenvalue weighted by atomic mass is 10.2. The van der Waals surface area contributed by atoms with Gasteiger partial charge in [0, 0.05) is 0 Å². The van der Waals surface area contributed by atoms with Crippen molar-refractivity contribution in [3.63, 3.8) is 0 Å². The summed E-state index contributed by atoms with van der Waals surface area (Å²) in [5.74, 6) is 0.385. The first kappa shape index (κ1) is 13.0. The number of nitrogens with one attached hydrogen (secondary N) is 2. The molecule has 0 aliphatic heterocycles. The maximum atomic E-state index is 12.0. The van der Waals surface area contributed by atoms with Crippen molar-refractivity contribution in [3.8, 4) is 6.07 Å². The molecule has 0 atom stereocenters. The van der Waals surface area contributed by atoms with Crippen LogP contribution in [-0.2, 0) is 16.6 Å². The van der Waals surface area contributed by atoms with Gasteiger partial charge in [0.25, 0.3) is 0 Å². The predicted octanol–water partition coefficient (Wildman–Crippen LogP) is -0.263. The summed E-state index contributed by atoms with van der Waals surface area (Å²) in [6.45, 7) is -0.0260. The van der Waals surface area contributed by atoms with Crippen LogP contribution in [0.25, 0.3) is 0 Å². The molecule has 2 aromatic rings. The summed E-state index contributed by atoms with van der Waals surface area (Å²) in [4.78, 5) is 3.72. The first-order chi connectivity index (χ1) is 9.03. The van der Waals surface area contributed by atoms with Crippen LogP contribution in [0.4, 0.5) is 5.69 Å². The lowest BCUT2D eigenvalue weighted by molar-refractivity contribution is 0.580. The van der Waals surface area contributed by atoms with Crippen molar-refractivity contribution in [3.05, 3.63) is 35.9 Å². The van der Waals surface area contributed by atoms with Crippen molar-refractivity contribution in [2.24, 2.45) is 0 Å². The van der Waals surface area contributed by atoms with E-state index in [-0.39, 0.29) is 17.1 Å². The van der Waals surface area contributed by atoms with E-state index in [0.717, 1.165) is 0 Å². The molecule has 0 amide bonds. The van der Waals surface area contributed by atoms with E-state index in [1.165, 1.54) is 24.5 Å². The normalized spacial score (nSPS) is 11.1. The third-order valence-electron chi connectivity index (χ3n) is 2.32. The molecule has 98 valence electrons. The van der Waals surface area contributed by atoms with Gasteiger partial charge in [-0.05, 0) is 18.2 Å². The van der Waals surface area contributed by atoms with Crippen molar-refractivity contribution in [2.45, 2.75) is 11.4 Å². The topological polar surface area (TPSA) is 138 Å². The van der Waals surface area contributed by atoms with E-state index < -0.39 is 10.0 Å². The Labute approximate surface area is 109 Å². The summed E-state index contributed by atoms with van der Waals surface area (Å²) < 4.78 is 26.4. The van der Waals surface area contributed by atoms with E-state index in [9.17, 15) is 8.42 Å². The minimum absolute atomic E-state index is 0.0177. The molecule has 9 heteroatoms. The molecule has 0 fully saturated rings. The Balaban J connectivity index is 2.22. The van der Waals surface area contributed by atoms with Gasteiger partial charge in [0.1, 0.15) is 17.0 Å². The average molecular weight is 278 g/mol. The molecule has 19 heavy (non-hydrogen) atoms. The van der Waals surface area contributed by atoms with E-state index in [4.69, 9.17) is 11.0 Å². The largest absolute Gasteiger partial charge is 0.398 e. The van der Waals surface area contributed by atoms with Crippen LogP contribution in [0.3, 0.4) is 0 Å². The van der Waals surface area contributed by atoms with Gasteiger partial charge in [-0.2, -0.15) is 10.4 Å². The van der Waals surface area contributed by atoms with Crippen LogP contribution in [0.15, 0.2) is 29.4 Å². The number of aromatic nitrogens is 3. The molecule has 0 saturated carbocycles. The first-order valence-corrected chi connectivity index (χ1v) is 6.65. The summed E-state index contributed by atoms with van der Waals surface area (Å²) in [7, 11) is -3.76. The van der Waals surface area contributed by atoms with Crippen LogP contribution in [0.5, 0.6) is 0 Å². The number of anilines is 1. The van der Waals surface area contributed by atoms with Crippen molar-refractivity contribution in [1.29, 1.82) is 5.26 Å². The number of rotatable bonds is 4. The number of benzene rings is 1. The maximum Gasteiger partial charge on any atom is 0.243 e. The van der Waals surface area contributed by atoms with Crippen LogP contribution in [-0.4, -0.2) is 23.6 Å². The number of sulfonamides is 1. The highest BCUT2D eigenvalue weighted by Crippen LogP contribution is 2.19. The molecular formula is C10H10N6O2S. The predicted molar refractivity (Wildman–Crippen MR) is 66.0 cm³/mol. The summed E-state index contributed by atoms with van der Waals surface area (Å²) >= 11 is 0. The minimum atomic E-state index is -3.76. The second-order valence-corrected chi connectivity index (χ2v) is 5.36. The van der Waals surface area contributed by atoms with Gasteiger partial charge >= 0.3 is 0 Å². The maximum absolute atomic E-state index is 12.0. The Kier molecular flexibility index (Phi) is 3.46. The zero-order valence-electron chi connectivity index (χ0n) is 9.66. The third kappa shape index (κ3) is 2.87. The van der Waals surface area contributed by atoms with Crippen molar-refractivity contribution < 1.29 is 8.42 Å². The van der Waals surface area contributed by atoms with Crippen LogP contribution in [0.1, 0.15) is 11.4 Å². The van der Waals surface area contributed by atoms with Gasteiger partial charge in [0.15, 0.2) is 0 Å². The first-order valence-electron chi connectivity index (χ1n) is 5.16. The summed E-state index contributed by atoms with van der Waals surface area (Å²) in [5.41, 5.74) is 5.94. The second-order valence-electron chi connectivity index (χ2n) is 3.62. The van der Waals surface area contributed by atoms with Crippen LogP contribution >= 0.6 is 0 Å². The Morgan fingerprint density at radius 3 is 2.84 bits per heavy atom. The molecule has 1 aromatic carbocycles. The number of nitrogen functional groups attached to an aromatic ring is 1. The number of H-pyrrole nitrogens is 1. The van der Waals surface area contributed by atoms with Crippen molar-refractivity contribution >= 4 is 15.7 Å². The van der Waals surface area contributed by atoms with Gasteiger partial charge in [0.05, 0.1) is 23.9 Å². The Morgan fingerprint density at radius 1 is 1.47 bits per heavy atom. The number of nitrogens with zero attached hydrogens (tertiary/aromatic N) is 3. The molecular weight excluding hydrogens is 268 g/mol. The van der Waals surface area contributed by atoms with E-state index in [1.54, 1.807) is 0 Å². The number of nitriles is 1. The Bertz CT molecular complexity index is 717. The van der Waals surface area contributed by atoms with Gasteiger partial charge in [-0.15, -0.1) is 0 Å². The highest BCUT2D eigenvalue weighted by Gasteiger charge is 2.17. The van der Waals surface area contributed by atoms with Gasteiger partial charge < -0.3 is 5.73 Å². The van der Waals surface area contributed by atoms with E-state index >= 15 is 0 Å². The minimum Gasteiger partial charge on any atom is -0.398 e. The SMILES string of the molecule is N#Cc1ccc(S(=O)(=O)NCc2ncn[nH]2)c(N)c1. The molecule has 1 heterocycles. The molecule has 0 spiro atoms. The molecule has 0 bridgehead atoms. The van der Waals surface area contributed by atoms with Gasteiger partial charge in [-0.3, -0.25) is 5.10 Å². The zero-order chi connectivity index (χ0) is 13.9. The second kappa shape index (κ2) is 5.05. The van der Waals surface area contributed by atoms with E-state index in [0.29, 0.717) is 11.4 Å². The van der Waals surface area contributed by atoms with Gasteiger partial charge in [-0.25, -0.2) is 18.1 Å². The molecule has 2 rings (SSSR count). The molecule has 0 unspecified atom stereocenters. The number of hydrogen-bond acceptors (Lipinski definition) is 6. The van der Waals surface area contributed by atoms with Gasteiger partial charge in [0.2, 0.25) is 10.0 Å². The van der Waals surface area contributed by atoms with Crippen LogP contribution < -0.4 is 10.5 Å². The summed E-state index contributed by atoms with van der Waals surface area (Å²) in [6.07, 6.45) is 1.28.